The first kappa shape index (κ1) is 15.5. The van der Waals surface area contributed by atoms with E-state index in [4.69, 9.17) is 12.8 Å². The fraction of sp³-hybridized carbons (Fsp3) is 0.158. The summed E-state index contributed by atoms with van der Waals surface area (Å²) < 4.78 is 0. The van der Waals surface area contributed by atoms with E-state index in [1.807, 2.05) is 62.6 Å². The van der Waals surface area contributed by atoms with Crippen LogP contribution in [0.1, 0.15) is 23.9 Å². The van der Waals surface area contributed by atoms with Gasteiger partial charge >= 0.3 is 0 Å². The van der Waals surface area contributed by atoms with Gasteiger partial charge in [-0.2, -0.15) is 0 Å². The first-order valence-corrected chi connectivity index (χ1v) is 7.70. The van der Waals surface area contributed by atoms with Crippen molar-refractivity contribution in [3.05, 3.63) is 83.7 Å². The van der Waals surface area contributed by atoms with Crippen LogP contribution in [0.3, 0.4) is 0 Å². The molecule has 0 saturated heterocycles. The molecule has 23 heavy (non-hydrogen) atoms. The van der Waals surface area contributed by atoms with Crippen molar-refractivity contribution >= 4 is 26.3 Å². The molecule has 2 heterocycles. The molecule has 3 aromatic rings. The Morgan fingerprint density at radius 1 is 0.826 bits per heavy atom. The highest BCUT2D eigenvalue weighted by molar-refractivity contribution is 6.50. The molecule has 3 rings (SSSR count). The van der Waals surface area contributed by atoms with Gasteiger partial charge in [0.25, 0.3) is 0 Å². The fourth-order valence-corrected chi connectivity index (χ4v) is 2.82. The summed E-state index contributed by atoms with van der Waals surface area (Å²) in [6.07, 6.45) is 0. The van der Waals surface area contributed by atoms with E-state index in [-0.39, 0.29) is 0 Å². The van der Waals surface area contributed by atoms with Crippen LogP contribution in [0.2, 0.25) is 6.82 Å². The standard InChI is InChI=1S/C19H17B2N2/c1-19(14-8-4-3-5-9-14,15-10-6-12-17(20)22-15)16-11-7-13-18(21-2)23-16/h3-13H,1-2H3. The van der Waals surface area contributed by atoms with Crippen LogP contribution in [0.4, 0.5) is 0 Å². The van der Waals surface area contributed by atoms with E-state index in [1.54, 1.807) is 6.07 Å². The number of aromatic nitrogens is 2. The summed E-state index contributed by atoms with van der Waals surface area (Å²) in [7, 11) is 7.93. The molecule has 0 amide bonds. The Morgan fingerprint density at radius 2 is 1.48 bits per heavy atom. The van der Waals surface area contributed by atoms with Gasteiger partial charge < -0.3 is 0 Å². The fourth-order valence-electron chi connectivity index (χ4n) is 2.82. The number of nitrogens with zero attached hydrogens (tertiary/aromatic N) is 2. The zero-order chi connectivity index (χ0) is 16.3. The lowest BCUT2D eigenvalue weighted by Gasteiger charge is -2.30. The summed E-state index contributed by atoms with van der Waals surface area (Å²) in [6, 6.07) is 22.1. The highest BCUT2D eigenvalue weighted by Gasteiger charge is 2.34. The van der Waals surface area contributed by atoms with Crippen LogP contribution in [0.5, 0.6) is 0 Å². The largest absolute Gasteiger partial charge is 0.268 e. The quantitative estimate of drug-likeness (QED) is 0.688. The van der Waals surface area contributed by atoms with Crippen LogP contribution >= 0.6 is 0 Å². The van der Waals surface area contributed by atoms with Crippen molar-refractivity contribution < 1.29 is 0 Å². The molecule has 0 saturated carbocycles. The normalized spacial score (nSPS) is 13.3. The molecule has 109 valence electrons. The maximum absolute atomic E-state index is 5.93. The van der Waals surface area contributed by atoms with E-state index in [2.05, 4.69) is 24.0 Å². The van der Waals surface area contributed by atoms with E-state index in [9.17, 15) is 0 Å². The molecule has 0 bridgehead atoms. The van der Waals surface area contributed by atoms with Gasteiger partial charge in [-0.05, 0) is 35.8 Å². The van der Waals surface area contributed by atoms with Crippen LogP contribution in [-0.4, -0.2) is 25.1 Å². The van der Waals surface area contributed by atoms with Crippen LogP contribution in [-0.2, 0) is 5.41 Å². The average molecular weight is 295 g/mol. The van der Waals surface area contributed by atoms with Gasteiger partial charge in [0.1, 0.15) is 7.85 Å². The minimum Gasteiger partial charge on any atom is -0.268 e. The number of benzene rings is 1. The second-order valence-electron chi connectivity index (χ2n) is 5.68. The number of pyridine rings is 2. The highest BCUT2D eigenvalue weighted by atomic mass is 14.8. The van der Waals surface area contributed by atoms with Crippen molar-refractivity contribution in [2.45, 2.75) is 19.2 Å². The monoisotopic (exact) mass is 295 g/mol. The second-order valence-corrected chi connectivity index (χ2v) is 5.68. The van der Waals surface area contributed by atoms with Crippen molar-refractivity contribution in [2.75, 3.05) is 0 Å². The predicted octanol–water partition coefficient (Wildman–Crippen LogP) is 2.00. The third-order valence-electron chi connectivity index (χ3n) is 4.21. The molecule has 2 aromatic heterocycles. The van der Waals surface area contributed by atoms with E-state index < -0.39 is 5.41 Å². The van der Waals surface area contributed by atoms with Crippen molar-refractivity contribution in [3.63, 3.8) is 0 Å². The molecular formula is C19H17B2N2. The van der Waals surface area contributed by atoms with E-state index in [1.165, 1.54) is 0 Å². The average Bonchev–Trinajstić information content (AvgIpc) is 2.62. The molecule has 1 unspecified atom stereocenters. The summed E-state index contributed by atoms with van der Waals surface area (Å²) in [5.74, 6) is 0. The van der Waals surface area contributed by atoms with Crippen LogP contribution in [0.25, 0.3) is 0 Å². The second kappa shape index (κ2) is 6.41. The highest BCUT2D eigenvalue weighted by Crippen LogP contribution is 2.35. The molecular weight excluding hydrogens is 278 g/mol. The number of hydrogen-bond donors (Lipinski definition) is 0. The Kier molecular flexibility index (Phi) is 4.33. The first-order chi connectivity index (χ1) is 11.1. The lowest BCUT2D eigenvalue weighted by Crippen LogP contribution is -2.32. The zero-order valence-corrected chi connectivity index (χ0v) is 13.4. The van der Waals surface area contributed by atoms with Gasteiger partial charge in [0.15, 0.2) is 7.28 Å². The molecule has 0 N–H and O–H groups in total. The van der Waals surface area contributed by atoms with Gasteiger partial charge in [-0.1, -0.05) is 61.4 Å². The first-order valence-electron chi connectivity index (χ1n) is 7.70. The molecule has 4 heteroatoms. The van der Waals surface area contributed by atoms with Crippen molar-refractivity contribution in [2.24, 2.45) is 0 Å². The van der Waals surface area contributed by atoms with Crippen LogP contribution in [0, 0.1) is 0 Å². The topological polar surface area (TPSA) is 25.8 Å². The Balaban J connectivity index is 2.25. The molecule has 1 atom stereocenters. The predicted molar refractivity (Wildman–Crippen MR) is 97.1 cm³/mol. The smallest absolute Gasteiger partial charge is 0.174 e. The SMILES string of the molecule is [B]c1cccc(C(C)(c2ccccc2)c2cccc([B]C)n2)n1. The molecule has 0 aliphatic rings. The molecule has 0 fully saturated rings. The van der Waals surface area contributed by atoms with E-state index in [0.717, 1.165) is 22.5 Å². The van der Waals surface area contributed by atoms with Crippen molar-refractivity contribution in [3.8, 4) is 0 Å². The van der Waals surface area contributed by atoms with E-state index >= 15 is 0 Å². The lowest BCUT2D eigenvalue weighted by atomic mass is 9.73. The lowest BCUT2D eigenvalue weighted by molar-refractivity contribution is 0.645. The minimum absolute atomic E-state index is 0.463. The van der Waals surface area contributed by atoms with Gasteiger partial charge in [0, 0.05) is 0 Å². The van der Waals surface area contributed by atoms with Crippen LogP contribution < -0.4 is 11.2 Å². The molecule has 1 aromatic carbocycles. The Hall–Kier alpha value is -2.35. The summed E-state index contributed by atoms with van der Waals surface area (Å²) in [4.78, 5) is 9.39. The van der Waals surface area contributed by atoms with Crippen molar-refractivity contribution in [1.29, 1.82) is 0 Å². The minimum atomic E-state index is -0.463. The van der Waals surface area contributed by atoms with Crippen molar-refractivity contribution in [1.82, 2.24) is 9.97 Å². The van der Waals surface area contributed by atoms with Gasteiger partial charge in [0.05, 0.1) is 16.8 Å². The Labute approximate surface area is 139 Å². The Morgan fingerprint density at radius 3 is 2.13 bits per heavy atom. The summed E-state index contributed by atoms with van der Waals surface area (Å²) >= 11 is 0. The maximum atomic E-state index is 5.93. The van der Waals surface area contributed by atoms with E-state index in [0.29, 0.717) is 5.59 Å². The summed E-state index contributed by atoms with van der Waals surface area (Å²) in [6.45, 7) is 4.14. The maximum Gasteiger partial charge on any atom is 0.174 e. The molecule has 0 aliphatic carbocycles. The molecule has 0 spiro atoms. The number of hydrogen-bond acceptors (Lipinski definition) is 2. The van der Waals surface area contributed by atoms with Crippen LogP contribution in [0.15, 0.2) is 66.7 Å². The third kappa shape index (κ3) is 2.94. The van der Waals surface area contributed by atoms with Gasteiger partial charge in [-0.25, -0.2) is 0 Å². The summed E-state index contributed by atoms with van der Waals surface area (Å²) in [5, 5.41) is 0. The number of rotatable bonds is 4. The Bertz CT molecular complexity index is 805. The van der Waals surface area contributed by atoms with Gasteiger partial charge in [-0.15, -0.1) is 0 Å². The van der Waals surface area contributed by atoms with Gasteiger partial charge in [-0.3, -0.25) is 9.97 Å². The summed E-state index contributed by atoms with van der Waals surface area (Å²) in [5.41, 5.74) is 3.99. The molecule has 3 radical (unpaired) electrons. The molecule has 0 aliphatic heterocycles. The molecule has 2 nitrogen and oxygen atoms in total. The third-order valence-corrected chi connectivity index (χ3v) is 4.21. The zero-order valence-electron chi connectivity index (χ0n) is 13.4. The van der Waals surface area contributed by atoms with Gasteiger partial charge in [0.2, 0.25) is 0 Å².